The summed E-state index contributed by atoms with van der Waals surface area (Å²) in [5.41, 5.74) is 6.96. The number of hydrogen-bond donors (Lipinski definition) is 2. The van der Waals surface area contributed by atoms with Crippen LogP contribution in [0, 0.1) is 5.92 Å². The lowest BCUT2D eigenvalue weighted by molar-refractivity contribution is 0.250. The molecule has 0 radical (unpaired) electrons. The third kappa shape index (κ3) is 4.09. The average Bonchev–Trinajstić information content (AvgIpc) is 2.25. The van der Waals surface area contributed by atoms with Crippen LogP contribution in [0.5, 0.6) is 0 Å². The SMILES string of the molecule is CC(CO)CSc1ccc([C@H](C)N)c(Br)c1. The number of nitrogens with two attached hydrogens (primary N) is 1. The van der Waals surface area contributed by atoms with E-state index in [1.165, 1.54) is 4.90 Å². The van der Waals surface area contributed by atoms with Gasteiger partial charge in [0.1, 0.15) is 0 Å². The molecule has 1 aromatic rings. The molecule has 0 fully saturated rings. The minimum absolute atomic E-state index is 0.0461. The summed E-state index contributed by atoms with van der Waals surface area (Å²) in [6, 6.07) is 6.27. The van der Waals surface area contributed by atoms with E-state index in [4.69, 9.17) is 10.8 Å². The van der Waals surface area contributed by atoms with Gasteiger partial charge in [-0.15, -0.1) is 11.8 Å². The molecule has 0 saturated carbocycles. The maximum atomic E-state index is 8.95. The second-order valence-corrected chi connectivity index (χ2v) is 6.02. The van der Waals surface area contributed by atoms with E-state index < -0.39 is 0 Å². The van der Waals surface area contributed by atoms with Gasteiger partial charge in [0.2, 0.25) is 0 Å². The van der Waals surface area contributed by atoms with Gasteiger partial charge in [0.05, 0.1) is 0 Å². The molecule has 0 aromatic heterocycles. The van der Waals surface area contributed by atoms with Crippen molar-refractivity contribution in [1.29, 1.82) is 0 Å². The molecule has 0 bridgehead atoms. The molecule has 3 N–H and O–H groups in total. The quantitative estimate of drug-likeness (QED) is 0.821. The van der Waals surface area contributed by atoms with Gasteiger partial charge in [0.15, 0.2) is 0 Å². The topological polar surface area (TPSA) is 46.2 Å². The van der Waals surface area contributed by atoms with Crippen LogP contribution in [0.3, 0.4) is 0 Å². The fourth-order valence-corrected chi connectivity index (χ4v) is 3.10. The van der Waals surface area contributed by atoms with Gasteiger partial charge < -0.3 is 10.8 Å². The summed E-state index contributed by atoms with van der Waals surface area (Å²) in [4.78, 5) is 1.21. The normalized spacial score (nSPS) is 14.8. The van der Waals surface area contributed by atoms with Crippen molar-refractivity contribution in [1.82, 2.24) is 0 Å². The van der Waals surface area contributed by atoms with Gasteiger partial charge in [0, 0.05) is 27.8 Å². The zero-order valence-corrected chi connectivity index (χ0v) is 12.0. The molecule has 4 heteroatoms. The molecular formula is C12H18BrNOS. The first kappa shape index (κ1) is 14.0. The van der Waals surface area contributed by atoms with Gasteiger partial charge in [0.25, 0.3) is 0 Å². The molecule has 0 saturated heterocycles. The van der Waals surface area contributed by atoms with Crippen LogP contribution in [0.25, 0.3) is 0 Å². The molecule has 1 rings (SSSR count). The molecule has 2 nitrogen and oxygen atoms in total. The van der Waals surface area contributed by atoms with Crippen molar-refractivity contribution in [3.8, 4) is 0 Å². The van der Waals surface area contributed by atoms with Crippen molar-refractivity contribution in [2.75, 3.05) is 12.4 Å². The van der Waals surface area contributed by atoms with Crippen molar-refractivity contribution < 1.29 is 5.11 Å². The second-order valence-electron chi connectivity index (χ2n) is 4.07. The molecule has 16 heavy (non-hydrogen) atoms. The smallest absolute Gasteiger partial charge is 0.0464 e. The van der Waals surface area contributed by atoms with E-state index in [1.807, 2.05) is 13.8 Å². The minimum atomic E-state index is 0.0461. The summed E-state index contributed by atoms with van der Waals surface area (Å²) in [7, 11) is 0. The number of aliphatic hydroxyl groups excluding tert-OH is 1. The van der Waals surface area contributed by atoms with E-state index in [2.05, 4.69) is 34.1 Å². The zero-order chi connectivity index (χ0) is 12.1. The molecule has 2 atom stereocenters. The van der Waals surface area contributed by atoms with Gasteiger partial charge in [-0.05, 0) is 30.5 Å². The Morgan fingerprint density at radius 1 is 1.44 bits per heavy atom. The van der Waals surface area contributed by atoms with E-state index in [-0.39, 0.29) is 12.6 Å². The van der Waals surface area contributed by atoms with Gasteiger partial charge in [-0.2, -0.15) is 0 Å². The van der Waals surface area contributed by atoms with Crippen molar-refractivity contribution in [2.45, 2.75) is 24.8 Å². The highest BCUT2D eigenvalue weighted by molar-refractivity contribution is 9.10. The molecule has 0 amide bonds. The maximum Gasteiger partial charge on any atom is 0.0464 e. The van der Waals surface area contributed by atoms with Gasteiger partial charge in [-0.3, -0.25) is 0 Å². The third-order valence-corrected chi connectivity index (χ3v) is 4.32. The van der Waals surface area contributed by atoms with E-state index in [9.17, 15) is 0 Å². The Labute approximate surface area is 110 Å². The number of thioether (sulfide) groups is 1. The first-order valence-corrected chi connectivity index (χ1v) is 7.11. The lowest BCUT2D eigenvalue weighted by atomic mass is 10.1. The Morgan fingerprint density at radius 2 is 2.12 bits per heavy atom. The maximum absolute atomic E-state index is 8.95. The number of aliphatic hydroxyl groups is 1. The van der Waals surface area contributed by atoms with Crippen molar-refractivity contribution in [3.05, 3.63) is 28.2 Å². The summed E-state index contributed by atoms with van der Waals surface area (Å²) in [6.45, 7) is 4.26. The van der Waals surface area contributed by atoms with Crippen LogP contribution in [-0.4, -0.2) is 17.5 Å². The lowest BCUT2D eigenvalue weighted by Gasteiger charge is -2.11. The van der Waals surface area contributed by atoms with Crippen LogP contribution in [-0.2, 0) is 0 Å². The monoisotopic (exact) mass is 303 g/mol. The second kappa shape index (κ2) is 6.64. The van der Waals surface area contributed by atoms with Gasteiger partial charge >= 0.3 is 0 Å². The Balaban J connectivity index is 2.66. The Morgan fingerprint density at radius 3 is 2.62 bits per heavy atom. The van der Waals surface area contributed by atoms with Crippen LogP contribution in [0.1, 0.15) is 25.5 Å². The number of benzene rings is 1. The molecule has 0 aliphatic carbocycles. The average molecular weight is 304 g/mol. The van der Waals surface area contributed by atoms with Crippen LogP contribution in [0.15, 0.2) is 27.6 Å². The molecular weight excluding hydrogens is 286 g/mol. The highest BCUT2D eigenvalue weighted by Gasteiger charge is 2.07. The Hall–Kier alpha value is -0.0300. The first-order valence-electron chi connectivity index (χ1n) is 5.33. The summed E-state index contributed by atoms with van der Waals surface area (Å²) in [5, 5.41) is 8.95. The highest BCUT2D eigenvalue weighted by atomic mass is 79.9. The van der Waals surface area contributed by atoms with E-state index >= 15 is 0 Å². The molecule has 0 spiro atoms. The van der Waals surface area contributed by atoms with Gasteiger partial charge in [-0.25, -0.2) is 0 Å². The Bertz CT molecular complexity index is 344. The summed E-state index contributed by atoms with van der Waals surface area (Å²) >= 11 is 5.29. The van der Waals surface area contributed by atoms with E-state index in [1.54, 1.807) is 11.8 Å². The van der Waals surface area contributed by atoms with Crippen molar-refractivity contribution >= 4 is 27.7 Å². The molecule has 1 unspecified atom stereocenters. The predicted molar refractivity (Wildman–Crippen MR) is 73.7 cm³/mol. The molecule has 0 heterocycles. The standard InChI is InChI=1S/C12H18BrNOS/c1-8(6-15)7-16-10-3-4-11(9(2)14)12(13)5-10/h3-5,8-9,15H,6-7,14H2,1-2H3/t8?,9-/m0/s1. The van der Waals surface area contributed by atoms with Crippen LogP contribution >= 0.6 is 27.7 Å². The number of hydrogen-bond acceptors (Lipinski definition) is 3. The fraction of sp³-hybridized carbons (Fsp3) is 0.500. The number of halogens is 1. The summed E-state index contributed by atoms with van der Waals surface area (Å²) in [6.07, 6.45) is 0. The van der Waals surface area contributed by atoms with E-state index in [0.717, 1.165) is 15.8 Å². The van der Waals surface area contributed by atoms with Crippen LogP contribution in [0.2, 0.25) is 0 Å². The van der Waals surface area contributed by atoms with E-state index in [0.29, 0.717) is 5.92 Å². The molecule has 0 aliphatic heterocycles. The molecule has 1 aromatic carbocycles. The fourth-order valence-electron chi connectivity index (χ4n) is 1.26. The first-order chi connectivity index (χ1) is 7.54. The molecule has 0 aliphatic rings. The minimum Gasteiger partial charge on any atom is -0.396 e. The summed E-state index contributed by atoms with van der Waals surface area (Å²) < 4.78 is 1.06. The lowest BCUT2D eigenvalue weighted by Crippen LogP contribution is -2.06. The Kier molecular flexibility index (Phi) is 5.83. The molecule has 90 valence electrons. The predicted octanol–water partition coefficient (Wildman–Crippen LogP) is 3.19. The number of rotatable bonds is 5. The van der Waals surface area contributed by atoms with Crippen LogP contribution in [0.4, 0.5) is 0 Å². The largest absolute Gasteiger partial charge is 0.396 e. The third-order valence-electron chi connectivity index (χ3n) is 2.31. The zero-order valence-electron chi connectivity index (χ0n) is 9.61. The van der Waals surface area contributed by atoms with Gasteiger partial charge in [-0.1, -0.05) is 28.9 Å². The summed E-state index contributed by atoms with van der Waals surface area (Å²) in [5.74, 6) is 1.26. The van der Waals surface area contributed by atoms with Crippen molar-refractivity contribution in [2.24, 2.45) is 11.7 Å². The highest BCUT2D eigenvalue weighted by Crippen LogP contribution is 2.28. The van der Waals surface area contributed by atoms with Crippen molar-refractivity contribution in [3.63, 3.8) is 0 Å². The van der Waals surface area contributed by atoms with Crippen LogP contribution < -0.4 is 5.73 Å².